The Kier molecular flexibility index (Phi) is 6.35. The van der Waals surface area contributed by atoms with E-state index < -0.39 is 5.97 Å². The van der Waals surface area contributed by atoms with Gasteiger partial charge in [0.15, 0.2) is 6.61 Å². The summed E-state index contributed by atoms with van der Waals surface area (Å²) in [6.45, 7) is 0.538. The van der Waals surface area contributed by atoms with Crippen LogP contribution in [0.3, 0.4) is 0 Å². The first-order valence-corrected chi connectivity index (χ1v) is 8.62. The number of aromatic nitrogens is 3. The van der Waals surface area contributed by atoms with Gasteiger partial charge in [-0.1, -0.05) is 24.3 Å². The highest BCUT2D eigenvalue weighted by Gasteiger charge is 2.10. The molecule has 3 aromatic rings. The van der Waals surface area contributed by atoms with Crippen molar-refractivity contribution >= 4 is 11.9 Å². The second kappa shape index (κ2) is 9.31. The summed E-state index contributed by atoms with van der Waals surface area (Å²) in [7, 11) is 1.58. The summed E-state index contributed by atoms with van der Waals surface area (Å²) in [5.41, 5.74) is 2.24. The first-order valence-electron chi connectivity index (χ1n) is 8.62. The van der Waals surface area contributed by atoms with Crippen LogP contribution in [0.15, 0.2) is 61.2 Å². The standard InChI is InChI=1S/C20H20N4O4/c1-27-18-4-2-3-16(9-18)10-22-19(25)12-28-20(26)17-7-5-15(6-8-17)11-24-14-21-13-23-24/h2-9,13-14H,10-12H2,1H3,(H,22,25). The molecule has 1 aromatic heterocycles. The number of rotatable bonds is 8. The third-order valence-electron chi connectivity index (χ3n) is 3.96. The summed E-state index contributed by atoms with van der Waals surface area (Å²) in [6.07, 6.45) is 3.08. The fraction of sp³-hybridized carbons (Fsp3) is 0.200. The lowest BCUT2D eigenvalue weighted by Crippen LogP contribution is -2.28. The maximum Gasteiger partial charge on any atom is 0.338 e. The van der Waals surface area contributed by atoms with Gasteiger partial charge >= 0.3 is 5.97 Å². The summed E-state index contributed by atoms with van der Waals surface area (Å²) in [4.78, 5) is 27.9. The van der Waals surface area contributed by atoms with Crippen LogP contribution in [0.1, 0.15) is 21.5 Å². The molecule has 144 valence electrons. The van der Waals surface area contributed by atoms with Crippen LogP contribution < -0.4 is 10.1 Å². The van der Waals surface area contributed by atoms with E-state index in [1.54, 1.807) is 42.4 Å². The van der Waals surface area contributed by atoms with Crippen LogP contribution in [0.4, 0.5) is 0 Å². The van der Waals surface area contributed by atoms with Gasteiger partial charge in [0.2, 0.25) is 0 Å². The van der Waals surface area contributed by atoms with Crippen molar-refractivity contribution in [3.05, 3.63) is 77.9 Å². The largest absolute Gasteiger partial charge is 0.497 e. The highest BCUT2D eigenvalue weighted by Crippen LogP contribution is 2.12. The van der Waals surface area contributed by atoms with Gasteiger partial charge in [-0.25, -0.2) is 14.5 Å². The maximum absolute atomic E-state index is 12.1. The van der Waals surface area contributed by atoms with Gasteiger partial charge in [-0.05, 0) is 35.4 Å². The van der Waals surface area contributed by atoms with Gasteiger partial charge in [0.1, 0.15) is 18.4 Å². The molecule has 0 atom stereocenters. The number of methoxy groups -OCH3 is 1. The molecule has 0 aliphatic rings. The Morgan fingerprint density at radius 2 is 1.93 bits per heavy atom. The first kappa shape index (κ1) is 19.1. The predicted molar refractivity (Wildman–Crippen MR) is 101 cm³/mol. The van der Waals surface area contributed by atoms with Crippen LogP contribution in [0.5, 0.6) is 5.75 Å². The van der Waals surface area contributed by atoms with Crippen LogP contribution in [-0.4, -0.2) is 40.4 Å². The molecule has 1 heterocycles. The number of nitrogens with one attached hydrogen (secondary N) is 1. The van der Waals surface area contributed by atoms with E-state index in [2.05, 4.69) is 15.4 Å². The molecule has 28 heavy (non-hydrogen) atoms. The fourth-order valence-electron chi connectivity index (χ4n) is 2.50. The van der Waals surface area contributed by atoms with E-state index >= 15 is 0 Å². The molecule has 1 N–H and O–H groups in total. The van der Waals surface area contributed by atoms with E-state index in [4.69, 9.17) is 9.47 Å². The van der Waals surface area contributed by atoms with Crippen molar-refractivity contribution in [1.82, 2.24) is 20.1 Å². The topological polar surface area (TPSA) is 95.3 Å². The van der Waals surface area contributed by atoms with E-state index in [-0.39, 0.29) is 12.5 Å². The average molecular weight is 380 g/mol. The monoisotopic (exact) mass is 380 g/mol. The van der Waals surface area contributed by atoms with Crippen LogP contribution in [0, 0.1) is 0 Å². The molecular formula is C20H20N4O4. The first-order chi connectivity index (χ1) is 13.6. The molecule has 3 rings (SSSR count). The number of benzene rings is 2. The molecule has 8 heteroatoms. The molecule has 0 saturated heterocycles. The third kappa shape index (κ3) is 5.41. The molecular weight excluding hydrogens is 360 g/mol. The Hall–Kier alpha value is -3.68. The van der Waals surface area contributed by atoms with E-state index in [9.17, 15) is 9.59 Å². The van der Waals surface area contributed by atoms with E-state index in [1.165, 1.54) is 6.33 Å². The lowest BCUT2D eigenvalue weighted by molar-refractivity contribution is -0.124. The minimum absolute atomic E-state index is 0.324. The van der Waals surface area contributed by atoms with Crippen LogP contribution in [0.2, 0.25) is 0 Å². The molecule has 0 saturated carbocycles. The van der Waals surface area contributed by atoms with E-state index in [0.29, 0.717) is 24.4 Å². The summed E-state index contributed by atoms with van der Waals surface area (Å²) < 4.78 is 11.9. The molecule has 2 aromatic carbocycles. The van der Waals surface area contributed by atoms with Crippen molar-refractivity contribution in [2.45, 2.75) is 13.1 Å². The van der Waals surface area contributed by atoms with Crippen molar-refractivity contribution < 1.29 is 19.1 Å². The van der Waals surface area contributed by atoms with Gasteiger partial charge in [-0.2, -0.15) is 5.10 Å². The van der Waals surface area contributed by atoms with Crippen LogP contribution in [-0.2, 0) is 22.6 Å². The van der Waals surface area contributed by atoms with Crippen molar-refractivity contribution in [2.24, 2.45) is 0 Å². The Morgan fingerprint density at radius 1 is 1.11 bits per heavy atom. The normalized spacial score (nSPS) is 10.3. The number of amides is 1. The molecule has 0 spiro atoms. The zero-order chi connectivity index (χ0) is 19.8. The van der Waals surface area contributed by atoms with Crippen molar-refractivity contribution in [2.75, 3.05) is 13.7 Å². The highest BCUT2D eigenvalue weighted by molar-refractivity contribution is 5.91. The van der Waals surface area contributed by atoms with Gasteiger partial charge in [-0.3, -0.25) is 4.79 Å². The van der Waals surface area contributed by atoms with Crippen molar-refractivity contribution in [3.8, 4) is 5.75 Å². The van der Waals surface area contributed by atoms with Gasteiger partial charge < -0.3 is 14.8 Å². The average Bonchev–Trinajstić information content (AvgIpc) is 3.24. The number of esters is 1. The smallest absolute Gasteiger partial charge is 0.338 e. The van der Waals surface area contributed by atoms with E-state index in [0.717, 1.165) is 11.1 Å². The maximum atomic E-state index is 12.1. The Morgan fingerprint density at radius 3 is 2.64 bits per heavy atom. The van der Waals surface area contributed by atoms with Gasteiger partial charge in [0, 0.05) is 6.54 Å². The quantitative estimate of drug-likeness (QED) is 0.599. The summed E-state index contributed by atoms with van der Waals surface area (Å²) >= 11 is 0. The number of hydrogen-bond donors (Lipinski definition) is 1. The number of carbonyl (C=O) groups excluding carboxylic acids is 2. The number of carbonyl (C=O) groups is 2. The van der Waals surface area contributed by atoms with Crippen LogP contribution in [0.25, 0.3) is 0 Å². The zero-order valence-electron chi connectivity index (χ0n) is 15.4. The molecule has 0 fully saturated rings. The lowest BCUT2D eigenvalue weighted by atomic mass is 10.1. The van der Waals surface area contributed by atoms with E-state index in [1.807, 2.05) is 24.3 Å². The van der Waals surface area contributed by atoms with Crippen molar-refractivity contribution in [1.29, 1.82) is 0 Å². The lowest BCUT2D eigenvalue weighted by Gasteiger charge is -2.08. The highest BCUT2D eigenvalue weighted by atomic mass is 16.5. The molecule has 0 radical (unpaired) electrons. The number of nitrogens with zero attached hydrogens (tertiary/aromatic N) is 3. The molecule has 0 bridgehead atoms. The summed E-state index contributed by atoms with van der Waals surface area (Å²) in [6, 6.07) is 14.3. The molecule has 0 unspecified atom stereocenters. The Balaban J connectivity index is 1.44. The zero-order valence-corrected chi connectivity index (χ0v) is 15.4. The SMILES string of the molecule is COc1cccc(CNC(=O)COC(=O)c2ccc(Cn3cncn3)cc2)c1. The summed E-state index contributed by atoms with van der Waals surface area (Å²) in [5.74, 6) is -0.215. The molecule has 0 aliphatic carbocycles. The summed E-state index contributed by atoms with van der Waals surface area (Å²) in [5, 5.41) is 6.73. The van der Waals surface area contributed by atoms with Gasteiger partial charge in [0.05, 0.1) is 19.2 Å². The van der Waals surface area contributed by atoms with Gasteiger partial charge in [-0.15, -0.1) is 0 Å². The van der Waals surface area contributed by atoms with Crippen molar-refractivity contribution in [3.63, 3.8) is 0 Å². The number of hydrogen-bond acceptors (Lipinski definition) is 6. The second-order valence-corrected chi connectivity index (χ2v) is 5.99. The molecule has 0 aliphatic heterocycles. The Bertz CT molecular complexity index is 924. The molecule has 8 nitrogen and oxygen atoms in total. The minimum atomic E-state index is -0.552. The Labute approximate surface area is 162 Å². The minimum Gasteiger partial charge on any atom is -0.497 e. The van der Waals surface area contributed by atoms with Gasteiger partial charge in [0.25, 0.3) is 5.91 Å². The molecule has 1 amide bonds. The predicted octanol–water partition coefficient (Wildman–Crippen LogP) is 1.81. The third-order valence-corrected chi connectivity index (χ3v) is 3.96. The second-order valence-electron chi connectivity index (χ2n) is 5.99. The van der Waals surface area contributed by atoms with Crippen LogP contribution >= 0.6 is 0 Å². The fourth-order valence-corrected chi connectivity index (χ4v) is 2.50. The number of ether oxygens (including phenoxy) is 2.